The van der Waals surface area contributed by atoms with E-state index in [0.717, 1.165) is 59.4 Å². The Morgan fingerprint density at radius 2 is 1.95 bits per heavy atom. The van der Waals surface area contributed by atoms with E-state index in [9.17, 15) is 9.59 Å². The maximum Gasteiger partial charge on any atom is 0.225 e. The van der Waals surface area contributed by atoms with E-state index in [1.165, 1.54) is 37.8 Å². The molecule has 2 heterocycles. The van der Waals surface area contributed by atoms with Gasteiger partial charge in [0.2, 0.25) is 5.91 Å². The number of hydrogen-bond acceptors (Lipinski definition) is 4. The number of carbonyl (C=O) groups is 2. The molecule has 3 aromatic rings. The first-order chi connectivity index (χ1) is 18.0. The third-order valence-corrected chi connectivity index (χ3v) is 7.83. The number of Topliss-reactive ketones (excluding diaryl/α,β-unsaturated/α-hetero) is 1. The number of aryl methyl sites for hydroxylation is 1. The van der Waals surface area contributed by atoms with E-state index >= 15 is 0 Å². The number of rotatable bonds is 13. The highest BCUT2D eigenvalue weighted by molar-refractivity contribution is 5.91. The molecule has 3 N–H and O–H groups in total. The molecule has 7 nitrogen and oxygen atoms in total. The van der Waals surface area contributed by atoms with Gasteiger partial charge in [-0.05, 0) is 56.4 Å². The van der Waals surface area contributed by atoms with Crippen molar-refractivity contribution in [2.45, 2.75) is 103 Å². The molecule has 2 aromatic heterocycles. The minimum absolute atomic E-state index is 0.0198. The third kappa shape index (κ3) is 7.02. The number of unbranched alkanes of at least 4 members (excludes halogenated alkanes) is 2. The Hall–Kier alpha value is -3.09. The summed E-state index contributed by atoms with van der Waals surface area (Å²) in [7, 11) is 1.65. The van der Waals surface area contributed by atoms with E-state index < -0.39 is 0 Å². The number of H-pyrrole nitrogens is 2. The zero-order chi connectivity index (χ0) is 26.2. The lowest BCUT2D eigenvalue weighted by molar-refractivity contribution is -0.121. The fourth-order valence-electron chi connectivity index (χ4n) is 5.57. The van der Waals surface area contributed by atoms with Crippen LogP contribution in [0.4, 0.5) is 0 Å². The van der Waals surface area contributed by atoms with Crippen LogP contribution in [0.2, 0.25) is 0 Å². The molecule has 7 heteroatoms. The number of aromatic nitrogens is 3. The van der Waals surface area contributed by atoms with Gasteiger partial charge in [-0.25, -0.2) is 4.98 Å². The van der Waals surface area contributed by atoms with Gasteiger partial charge in [0.25, 0.3) is 0 Å². The van der Waals surface area contributed by atoms with Crippen LogP contribution in [-0.4, -0.2) is 33.8 Å². The minimum Gasteiger partial charge on any atom is -0.497 e. The van der Waals surface area contributed by atoms with Crippen LogP contribution in [0.5, 0.6) is 5.75 Å². The Labute approximate surface area is 220 Å². The number of hydrogen-bond donors (Lipinski definition) is 3. The van der Waals surface area contributed by atoms with Crippen molar-refractivity contribution in [3.63, 3.8) is 0 Å². The zero-order valence-corrected chi connectivity index (χ0v) is 22.6. The van der Waals surface area contributed by atoms with Gasteiger partial charge in [-0.1, -0.05) is 39.0 Å². The van der Waals surface area contributed by atoms with Crippen LogP contribution in [-0.2, 0) is 16.0 Å². The van der Waals surface area contributed by atoms with Gasteiger partial charge in [0.15, 0.2) is 0 Å². The summed E-state index contributed by atoms with van der Waals surface area (Å²) in [5.74, 6) is 2.46. The first kappa shape index (κ1) is 27.0. The predicted octanol–water partition coefficient (Wildman–Crippen LogP) is 6.59. The molecule has 0 spiro atoms. The molecule has 0 saturated heterocycles. The number of ketones is 1. The van der Waals surface area contributed by atoms with E-state index in [1.54, 1.807) is 7.11 Å². The van der Waals surface area contributed by atoms with Crippen molar-refractivity contribution < 1.29 is 14.3 Å². The second kappa shape index (κ2) is 12.9. The maximum atomic E-state index is 13.3. The molecule has 0 bridgehead atoms. The topological polar surface area (TPSA) is 99.9 Å². The molecule has 1 saturated carbocycles. The van der Waals surface area contributed by atoms with E-state index in [1.807, 2.05) is 38.2 Å². The number of benzene rings is 1. The molecule has 1 aromatic carbocycles. The van der Waals surface area contributed by atoms with Crippen molar-refractivity contribution >= 4 is 22.6 Å². The lowest BCUT2D eigenvalue weighted by Crippen LogP contribution is -2.30. The Morgan fingerprint density at radius 1 is 1.14 bits per heavy atom. The van der Waals surface area contributed by atoms with Gasteiger partial charge in [-0.2, -0.15) is 0 Å². The summed E-state index contributed by atoms with van der Waals surface area (Å²) in [5, 5.41) is 4.29. The van der Waals surface area contributed by atoms with Gasteiger partial charge in [0, 0.05) is 47.2 Å². The SMILES string of the molecule is CCC(=O)CCCCC[C@H](NC(=O)Cc1c(C)[nH]c2ccc(OC)cc12)c1ncc(C2CCCCC2)[nH]1. The van der Waals surface area contributed by atoms with Crippen molar-refractivity contribution in [1.29, 1.82) is 0 Å². The van der Waals surface area contributed by atoms with Gasteiger partial charge in [0.1, 0.15) is 17.4 Å². The number of amides is 1. The molecule has 0 unspecified atom stereocenters. The van der Waals surface area contributed by atoms with E-state index in [4.69, 9.17) is 9.72 Å². The van der Waals surface area contributed by atoms with E-state index in [0.29, 0.717) is 24.5 Å². The van der Waals surface area contributed by atoms with Crippen LogP contribution >= 0.6 is 0 Å². The summed E-state index contributed by atoms with van der Waals surface area (Å²) in [6, 6.07) is 5.73. The van der Waals surface area contributed by atoms with Crippen molar-refractivity contribution in [2.75, 3.05) is 7.11 Å². The highest BCUT2D eigenvalue weighted by atomic mass is 16.5. The van der Waals surface area contributed by atoms with Gasteiger partial charge >= 0.3 is 0 Å². The lowest BCUT2D eigenvalue weighted by atomic mass is 9.87. The number of nitrogens with zero attached hydrogens (tertiary/aromatic N) is 1. The van der Waals surface area contributed by atoms with Crippen LogP contribution < -0.4 is 10.1 Å². The summed E-state index contributed by atoms with van der Waals surface area (Å²) in [5.41, 5.74) is 4.18. The number of fused-ring (bicyclic) bond motifs is 1. The fourth-order valence-corrected chi connectivity index (χ4v) is 5.57. The molecular formula is C30H42N4O3. The molecule has 4 rings (SSSR count). The maximum absolute atomic E-state index is 13.3. The van der Waals surface area contributed by atoms with Gasteiger partial charge in [-0.15, -0.1) is 0 Å². The van der Waals surface area contributed by atoms with Crippen molar-refractivity contribution in [3.05, 3.63) is 47.2 Å². The molecule has 0 radical (unpaired) electrons. The first-order valence-corrected chi connectivity index (χ1v) is 14.0. The number of nitrogens with one attached hydrogen (secondary N) is 3. The van der Waals surface area contributed by atoms with Crippen molar-refractivity contribution in [2.24, 2.45) is 0 Å². The number of carbonyl (C=O) groups excluding carboxylic acids is 2. The standard InChI is InChI=1S/C30H42N4O3/c1-4-22(35)13-9-6-10-14-27(30-31-19-28(34-30)21-11-7-5-8-12-21)33-29(36)18-24-20(2)32-26-16-15-23(37-3)17-25(24)26/h15-17,19,21,27,32H,4-14,18H2,1-3H3,(H,31,34)(H,33,36)/t27-/m0/s1. The summed E-state index contributed by atoms with van der Waals surface area (Å²) in [6.45, 7) is 3.92. The second-order valence-electron chi connectivity index (χ2n) is 10.5. The highest BCUT2D eigenvalue weighted by Gasteiger charge is 2.23. The Balaban J connectivity index is 1.45. The molecule has 1 atom stereocenters. The molecular weight excluding hydrogens is 464 g/mol. The number of aromatic amines is 2. The summed E-state index contributed by atoms with van der Waals surface area (Å²) < 4.78 is 5.40. The monoisotopic (exact) mass is 506 g/mol. The fraction of sp³-hybridized carbons (Fsp3) is 0.567. The predicted molar refractivity (Wildman–Crippen MR) is 147 cm³/mol. The summed E-state index contributed by atoms with van der Waals surface area (Å²) in [4.78, 5) is 36.7. The van der Waals surface area contributed by atoms with E-state index in [-0.39, 0.29) is 18.4 Å². The number of imidazole rings is 1. The number of methoxy groups -OCH3 is 1. The molecule has 1 aliphatic rings. The lowest BCUT2D eigenvalue weighted by Gasteiger charge is -2.20. The largest absolute Gasteiger partial charge is 0.497 e. The average molecular weight is 507 g/mol. The van der Waals surface area contributed by atoms with Crippen LogP contribution in [0.3, 0.4) is 0 Å². The number of ether oxygens (including phenoxy) is 1. The first-order valence-electron chi connectivity index (χ1n) is 14.0. The summed E-state index contributed by atoms with van der Waals surface area (Å²) >= 11 is 0. The Bertz CT molecular complexity index is 1190. The van der Waals surface area contributed by atoms with Crippen molar-refractivity contribution in [1.82, 2.24) is 20.3 Å². The highest BCUT2D eigenvalue weighted by Crippen LogP contribution is 2.32. The second-order valence-corrected chi connectivity index (χ2v) is 10.5. The minimum atomic E-state index is -0.174. The van der Waals surface area contributed by atoms with Crippen LogP contribution in [0.25, 0.3) is 10.9 Å². The van der Waals surface area contributed by atoms with E-state index in [2.05, 4.69) is 15.3 Å². The van der Waals surface area contributed by atoms with Crippen LogP contribution in [0.15, 0.2) is 24.4 Å². The Kier molecular flexibility index (Phi) is 9.42. The molecule has 0 aliphatic heterocycles. The summed E-state index contributed by atoms with van der Waals surface area (Å²) in [6.07, 6.45) is 13.4. The third-order valence-electron chi connectivity index (χ3n) is 7.83. The molecule has 200 valence electrons. The van der Waals surface area contributed by atoms with Crippen LogP contribution in [0.1, 0.15) is 112 Å². The van der Waals surface area contributed by atoms with Gasteiger partial charge in [0.05, 0.1) is 19.6 Å². The molecule has 1 fully saturated rings. The molecule has 1 amide bonds. The normalized spacial score (nSPS) is 15.1. The van der Waals surface area contributed by atoms with Crippen LogP contribution in [0, 0.1) is 6.92 Å². The molecule has 1 aliphatic carbocycles. The smallest absolute Gasteiger partial charge is 0.225 e. The quantitative estimate of drug-likeness (QED) is 0.228. The average Bonchev–Trinajstić information content (AvgIpc) is 3.53. The van der Waals surface area contributed by atoms with Crippen molar-refractivity contribution in [3.8, 4) is 5.75 Å². The van der Waals surface area contributed by atoms with Gasteiger partial charge in [-0.3, -0.25) is 9.59 Å². The Morgan fingerprint density at radius 3 is 2.70 bits per heavy atom. The van der Waals surface area contributed by atoms with Gasteiger partial charge < -0.3 is 20.0 Å². The molecule has 37 heavy (non-hydrogen) atoms. The zero-order valence-electron chi connectivity index (χ0n) is 22.6.